The van der Waals surface area contributed by atoms with E-state index >= 15 is 0 Å². The molecule has 0 aromatic heterocycles. The second kappa shape index (κ2) is 21.7. The summed E-state index contributed by atoms with van der Waals surface area (Å²) in [7, 11) is 0. The number of benzene rings is 6. The first kappa shape index (κ1) is 44.4. The fraction of sp³-hybridized carbons (Fsp3) is 0.143. The first-order valence-electron chi connectivity index (χ1n) is 16.5. The number of nitro benzene ring substituents is 2. The zero-order chi connectivity index (χ0) is 36.9. The van der Waals surface area contributed by atoms with Crippen LogP contribution < -0.4 is 67.1 Å². The van der Waals surface area contributed by atoms with Crippen molar-refractivity contribution in [1.82, 2.24) is 0 Å². The van der Waals surface area contributed by atoms with Gasteiger partial charge in [-0.25, -0.2) is 0 Å². The Morgan fingerprint density at radius 2 is 0.981 bits per heavy atom. The average molecular weight is 743 g/mol. The van der Waals surface area contributed by atoms with Gasteiger partial charge >= 0.3 is 57.1 Å². The van der Waals surface area contributed by atoms with Crippen molar-refractivity contribution in [3.05, 3.63) is 183 Å². The fourth-order valence-corrected chi connectivity index (χ4v) is 5.37. The molecule has 0 atom stereocenters. The third-order valence-corrected chi connectivity index (χ3v) is 8.02. The standard InChI is InChI=1S/C21H20N2O2.C12H8FNO2.C9H13N.FH.K/c1-15(2)18-10-6-7-11-19(18)22-20-14-17(12-13-21(20)23(24)25)16-8-4-3-5-9-16;13-11-8-10(6-7-12(11)14(15)16)9-4-2-1-3-5-9;1-7(2)8-5-3-4-6-9(8)10;;/h3-15,22H,1-2H3;1-8H;3-7H,10H2,1-2H3;1H;/q;;;;+1/p-1. The Kier molecular flexibility index (Phi) is 18.1. The van der Waals surface area contributed by atoms with Crippen LogP contribution in [0.1, 0.15) is 50.7 Å². The van der Waals surface area contributed by atoms with Crippen molar-refractivity contribution in [3.8, 4) is 22.3 Å². The summed E-state index contributed by atoms with van der Waals surface area (Å²) in [5, 5.41) is 25.2. The van der Waals surface area contributed by atoms with Crippen LogP contribution in [0.3, 0.4) is 0 Å². The van der Waals surface area contributed by atoms with E-state index in [1.165, 1.54) is 23.8 Å². The fourth-order valence-electron chi connectivity index (χ4n) is 5.37. The molecule has 0 heterocycles. The molecule has 6 aromatic carbocycles. The van der Waals surface area contributed by atoms with E-state index in [1.54, 1.807) is 12.1 Å². The maximum Gasteiger partial charge on any atom is 1.00 e. The number of hydrogen-bond acceptors (Lipinski definition) is 6. The Hall–Kier alpha value is -4.78. The Labute approximate surface area is 351 Å². The summed E-state index contributed by atoms with van der Waals surface area (Å²) in [5.74, 6) is 0.0348. The van der Waals surface area contributed by atoms with Crippen LogP contribution in [0.2, 0.25) is 0 Å². The van der Waals surface area contributed by atoms with E-state index in [0.717, 1.165) is 33.6 Å². The molecular formula is C42H41F2KN4O4. The molecule has 0 bridgehead atoms. The van der Waals surface area contributed by atoms with Crippen LogP contribution in [-0.2, 0) is 0 Å². The Balaban J connectivity index is 0.000000298. The van der Waals surface area contributed by atoms with Crippen molar-refractivity contribution >= 4 is 28.4 Å². The average Bonchev–Trinajstić information content (AvgIpc) is 3.13. The molecule has 0 radical (unpaired) electrons. The summed E-state index contributed by atoms with van der Waals surface area (Å²) in [4.78, 5) is 20.8. The van der Waals surface area contributed by atoms with Gasteiger partial charge in [0.2, 0.25) is 5.82 Å². The number of nitro groups is 2. The van der Waals surface area contributed by atoms with Crippen molar-refractivity contribution in [3.63, 3.8) is 0 Å². The molecule has 0 fully saturated rings. The number of halogens is 2. The molecule has 53 heavy (non-hydrogen) atoms. The molecule has 0 unspecified atom stereocenters. The van der Waals surface area contributed by atoms with E-state index in [2.05, 4.69) is 39.1 Å². The third kappa shape index (κ3) is 12.7. The Morgan fingerprint density at radius 3 is 1.43 bits per heavy atom. The summed E-state index contributed by atoms with van der Waals surface area (Å²) in [6, 6.07) is 44.0. The normalized spacial score (nSPS) is 10.0. The van der Waals surface area contributed by atoms with Crippen LogP contribution in [0.25, 0.3) is 22.3 Å². The molecule has 8 nitrogen and oxygen atoms in total. The van der Waals surface area contributed by atoms with Crippen molar-refractivity contribution in [2.24, 2.45) is 0 Å². The predicted octanol–water partition coefficient (Wildman–Crippen LogP) is 5.93. The summed E-state index contributed by atoms with van der Waals surface area (Å²) in [6.45, 7) is 8.50. The molecular weight excluding hydrogens is 702 g/mol. The minimum Gasteiger partial charge on any atom is -1.00 e. The SMILES string of the molecule is CC(C)c1ccccc1N.CC(C)c1ccccc1Nc1cc(-c2ccccc2)ccc1[N+](=O)[O-].O=[N+]([O-])c1ccc(-c2ccccc2)cc1F.[F-].[K+]. The minimum absolute atomic E-state index is 0. The van der Waals surface area contributed by atoms with Gasteiger partial charge in [0.1, 0.15) is 5.69 Å². The van der Waals surface area contributed by atoms with E-state index < -0.39 is 16.4 Å². The topological polar surface area (TPSA) is 124 Å². The molecule has 0 amide bonds. The number of para-hydroxylation sites is 2. The van der Waals surface area contributed by atoms with Crippen LogP contribution in [-0.4, -0.2) is 9.85 Å². The summed E-state index contributed by atoms with van der Waals surface area (Å²) >= 11 is 0. The van der Waals surface area contributed by atoms with Gasteiger partial charge in [0, 0.05) is 23.5 Å². The number of rotatable bonds is 8. The molecule has 3 N–H and O–H groups in total. The van der Waals surface area contributed by atoms with E-state index in [-0.39, 0.29) is 66.7 Å². The quantitative estimate of drug-likeness (QED) is 0.0863. The number of hydrogen-bond donors (Lipinski definition) is 2. The van der Waals surface area contributed by atoms with Crippen LogP contribution in [0.15, 0.2) is 146 Å². The smallest absolute Gasteiger partial charge is 1.00 e. The molecule has 0 saturated heterocycles. The summed E-state index contributed by atoms with van der Waals surface area (Å²) in [6.07, 6.45) is 0. The molecule has 0 spiro atoms. The maximum atomic E-state index is 13.3. The number of nitrogen functional groups attached to an aromatic ring is 1. The van der Waals surface area contributed by atoms with Gasteiger partial charge in [-0.15, -0.1) is 0 Å². The van der Waals surface area contributed by atoms with Gasteiger partial charge in [-0.3, -0.25) is 20.2 Å². The van der Waals surface area contributed by atoms with Crippen LogP contribution in [0.5, 0.6) is 0 Å². The monoisotopic (exact) mass is 742 g/mol. The molecule has 0 aliphatic carbocycles. The van der Waals surface area contributed by atoms with Crippen LogP contribution >= 0.6 is 0 Å². The first-order valence-corrected chi connectivity index (χ1v) is 16.5. The molecule has 0 aliphatic rings. The molecule has 11 heteroatoms. The zero-order valence-electron chi connectivity index (χ0n) is 30.4. The van der Waals surface area contributed by atoms with Crippen molar-refractivity contribution in [2.45, 2.75) is 39.5 Å². The molecule has 6 rings (SSSR count). The van der Waals surface area contributed by atoms with Gasteiger partial charge < -0.3 is 15.8 Å². The summed E-state index contributed by atoms with van der Waals surface area (Å²) in [5.41, 5.74) is 13.4. The number of nitrogens with two attached hydrogens (primary N) is 1. The Morgan fingerprint density at radius 1 is 0.547 bits per heavy atom. The first-order chi connectivity index (χ1) is 24.5. The molecule has 6 aromatic rings. The molecule has 0 saturated carbocycles. The number of nitrogens with zero attached hydrogens (tertiary/aromatic N) is 2. The van der Waals surface area contributed by atoms with Gasteiger partial charge in [-0.1, -0.05) is 125 Å². The van der Waals surface area contributed by atoms with Gasteiger partial charge in [-0.2, -0.15) is 4.39 Å². The second-order valence-electron chi connectivity index (χ2n) is 12.3. The van der Waals surface area contributed by atoms with Gasteiger partial charge in [0.25, 0.3) is 5.69 Å². The van der Waals surface area contributed by atoms with Crippen LogP contribution in [0, 0.1) is 26.0 Å². The van der Waals surface area contributed by atoms with Crippen molar-refractivity contribution < 1.29 is 70.3 Å². The predicted molar refractivity (Wildman–Crippen MR) is 206 cm³/mol. The van der Waals surface area contributed by atoms with Crippen molar-refractivity contribution in [1.29, 1.82) is 0 Å². The number of nitrogens with one attached hydrogen (secondary N) is 1. The van der Waals surface area contributed by atoms with Gasteiger partial charge in [0.15, 0.2) is 0 Å². The number of anilines is 3. The summed E-state index contributed by atoms with van der Waals surface area (Å²) < 4.78 is 13.3. The Bertz CT molecular complexity index is 2080. The minimum atomic E-state index is -0.814. The third-order valence-electron chi connectivity index (χ3n) is 8.02. The zero-order valence-corrected chi connectivity index (χ0v) is 33.5. The largest absolute Gasteiger partial charge is 1.00 e. The van der Waals surface area contributed by atoms with E-state index in [0.29, 0.717) is 23.1 Å². The maximum absolute atomic E-state index is 13.3. The molecule has 268 valence electrons. The second-order valence-corrected chi connectivity index (χ2v) is 12.3. The van der Waals surface area contributed by atoms with Crippen molar-refractivity contribution in [2.75, 3.05) is 11.1 Å². The van der Waals surface area contributed by atoms with Gasteiger partial charge in [0.05, 0.1) is 9.85 Å². The molecule has 0 aliphatic heterocycles. The van der Waals surface area contributed by atoms with E-state index in [4.69, 9.17) is 5.73 Å². The van der Waals surface area contributed by atoms with E-state index in [9.17, 15) is 24.6 Å². The van der Waals surface area contributed by atoms with E-state index in [1.807, 2.05) is 109 Å². The van der Waals surface area contributed by atoms with Gasteiger partial charge in [-0.05, 0) is 81.6 Å². The van der Waals surface area contributed by atoms with Crippen LogP contribution in [0.4, 0.5) is 32.8 Å².